The smallest absolute Gasteiger partial charge is 0.258 e. The predicted octanol–water partition coefficient (Wildman–Crippen LogP) is -0.638. The van der Waals surface area contributed by atoms with Crippen molar-refractivity contribution in [2.45, 2.75) is 18.6 Å². The van der Waals surface area contributed by atoms with Crippen LogP contribution in [0, 0.1) is 0 Å². The number of fused-ring (bicyclic) bond motifs is 1. The van der Waals surface area contributed by atoms with E-state index in [1.54, 1.807) is 12.1 Å². The zero-order valence-corrected chi connectivity index (χ0v) is 14.0. The minimum atomic E-state index is -1.53. The van der Waals surface area contributed by atoms with Crippen molar-refractivity contribution in [3.8, 4) is 11.5 Å². The first-order chi connectivity index (χ1) is 11.9. The van der Waals surface area contributed by atoms with E-state index in [0.717, 1.165) is 0 Å². The maximum absolute atomic E-state index is 12.3. The number of primary amides is 1. The number of aromatic nitrogens is 2. The summed E-state index contributed by atoms with van der Waals surface area (Å²) in [7, 11) is 3.00. The molecule has 134 valence electrons. The monoisotopic (exact) mass is 348 g/mol. The number of nitrogens with zero attached hydrogens (tertiary/aromatic N) is 2. The van der Waals surface area contributed by atoms with Crippen LogP contribution in [0.1, 0.15) is 12.2 Å². The molecular weight excluding hydrogens is 328 g/mol. The lowest BCUT2D eigenvalue weighted by molar-refractivity contribution is -0.135. The summed E-state index contributed by atoms with van der Waals surface area (Å²) in [5.74, 6) is 0.606. The van der Waals surface area contributed by atoms with E-state index in [9.17, 15) is 14.7 Å². The Labute approximate surface area is 143 Å². The Morgan fingerprint density at radius 1 is 1.40 bits per heavy atom. The number of methoxy groups -OCH3 is 2. The van der Waals surface area contributed by atoms with Crippen molar-refractivity contribution < 1.29 is 19.4 Å². The molecule has 3 rings (SSSR count). The van der Waals surface area contributed by atoms with Crippen molar-refractivity contribution >= 4 is 16.8 Å². The highest BCUT2D eigenvalue weighted by molar-refractivity contribution is 5.84. The molecule has 1 unspecified atom stereocenters. The number of nitrogens with two attached hydrogens (primary N) is 1. The van der Waals surface area contributed by atoms with E-state index in [-0.39, 0.29) is 25.1 Å². The van der Waals surface area contributed by atoms with Crippen LogP contribution in [0.15, 0.2) is 16.9 Å². The van der Waals surface area contributed by atoms with Gasteiger partial charge < -0.3 is 25.3 Å². The van der Waals surface area contributed by atoms with Crippen LogP contribution in [0.4, 0.5) is 0 Å². The third kappa shape index (κ3) is 3.15. The zero-order chi connectivity index (χ0) is 18.2. The number of likely N-dealkylation sites (tertiary alicyclic amines) is 1. The second kappa shape index (κ2) is 6.34. The molecule has 2 aromatic rings. The third-order valence-corrected chi connectivity index (χ3v) is 4.42. The van der Waals surface area contributed by atoms with E-state index in [0.29, 0.717) is 34.8 Å². The van der Waals surface area contributed by atoms with E-state index in [4.69, 9.17) is 15.2 Å². The van der Waals surface area contributed by atoms with Crippen LogP contribution in [-0.2, 0) is 11.3 Å². The number of carbonyl (C=O) groups is 1. The number of H-pyrrole nitrogens is 1. The SMILES string of the molecule is COc1cc2nc(CN3CCC(O)(C(N)=O)C3)[nH]c(=O)c2cc1OC. The van der Waals surface area contributed by atoms with Crippen LogP contribution in [-0.4, -0.2) is 58.8 Å². The number of benzene rings is 1. The summed E-state index contributed by atoms with van der Waals surface area (Å²) in [5, 5.41) is 10.5. The van der Waals surface area contributed by atoms with Crippen molar-refractivity contribution in [1.82, 2.24) is 14.9 Å². The average molecular weight is 348 g/mol. The van der Waals surface area contributed by atoms with Gasteiger partial charge in [0.05, 0.1) is 31.7 Å². The molecule has 0 radical (unpaired) electrons. The number of rotatable bonds is 5. The minimum absolute atomic E-state index is 0.107. The Hall–Kier alpha value is -2.65. The number of hydrogen-bond acceptors (Lipinski definition) is 7. The first-order valence-electron chi connectivity index (χ1n) is 7.76. The summed E-state index contributed by atoms with van der Waals surface area (Å²) in [6.45, 7) is 0.873. The van der Waals surface area contributed by atoms with Crippen molar-refractivity contribution in [2.75, 3.05) is 27.3 Å². The fraction of sp³-hybridized carbons (Fsp3) is 0.438. The van der Waals surface area contributed by atoms with Gasteiger partial charge in [0.25, 0.3) is 11.5 Å². The number of ether oxygens (including phenoxy) is 2. The molecule has 1 aliphatic heterocycles. The van der Waals surface area contributed by atoms with Gasteiger partial charge in [-0.15, -0.1) is 0 Å². The molecule has 25 heavy (non-hydrogen) atoms. The number of amides is 1. The number of aliphatic hydroxyl groups is 1. The summed E-state index contributed by atoms with van der Waals surface area (Å²) < 4.78 is 10.4. The van der Waals surface area contributed by atoms with E-state index in [1.807, 2.05) is 4.90 Å². The molecule has 4 N–H and O–H groups in total. The van der Waals surface area contributed by atoms with Crippen LogP contribution in [0.5, 0.6) is 11.5 Å². The molecular formula is C16H20N4O5. The molecule has 2 heterocycles. The van der Waals surface area contributed by atoms with E-state index < -0.39 is 11.5 Å². The largest absolute Gasteiger partial charge is 0.493 e. The Morgan fingerprint density at radius 3 is 2.68 bits per heavy atom. The fourth-order valence-electron chi connectivity index (χ4n) is 3.01. The quantitative estimate of drug-likeness (QED) is 0.655. The standard InChI is InChI=1S/C16H20N4O5/c1-24-11-5-9-10(6-12(11)25-2)18-13(19-14(9)21)7-20-4-3-16(23,8-20)15(17)22/h5-6,23H,3-4,7-8H2,1-2H3,(H2,17,22)(H,18,19,21). The summed E-state index contributed by atoms with van der Waals surface area (Å²) in [6.07, 6.45) is 0.255. The molecule has 0 saturated carbocycles. The molecule has 1 atom stereocenters. The van der Waals surface area contributed by atoms with Crippen LogP contribution in [0.2, 0.25) is 0 Å². The normalized spacial score (nSPS) is 20.8. The van der Waals surface area contributed by atoms with E-state index >= 15 is 0 Å². The van der Waals surface area contributed by atoms with Gasteiger partial charge in [0.15, 0.2) is 17.1 Å². The topological polar surface area (TPSA) is 131 Å². The number of nitrogens with one attached hydrogen (secondary N) is 1. The lowest BCUT2D eigenvalue weighted by Gasteiger charge is -2.19. The lowest BCUT2D eigenvalue weighted by atomic mass is 10.0. The molecule has 0 bridgehead atoms. The first kappa shape index (κ1) is 17.2. The molecule has 1 aromatic carbocycles. The molecule has 0 spiro atoms. The van der Waals surface area contributed by atoms with Gasteiger partial charge in [-0.1, -0.05) is 0 Å². The summed E-state index contributed by atoms with van der Waals surface area (Å²) in [4.78, 5) is 32.7. The fourth-order valence-corrected chi connectivity index (χ4v) is 3.01. The number of β-amino-alcohol motifs (C(OH)–C–C–N with tert-alkyl or cyclic N) is 1. The van der Waals surface area contributed by atoms with Crippen LogP contribution >= 0.6 is 0 Å². The molecule has 1 amide bonds. The number of hydrogen-bond donors (Lipinski definition) is 3. The third-order valence-electron chi connectivity index (χ3n) is 4.42. The summed E-state index contributed by atoms with van der Waals surface area (Å²) in [6, 6.07) is 3.21. The molecule has 1 aromatic heterocycles. The van der Waals surface area contributed by atoms with E-state index in [2.05, 4.69) is 9.97 Å². The summed E-state index contributed by atoms with van der Waals surface area (Å²) >= 11 is 0. The van der Waals surface area contributed by atoms with Gasteiger partial charge in [-0.05, 0) is 12.5 Å². The molecule has 1 aliphatic rings. The van der Waals surface area contributed by atoms with Crippen molar-refractivity contribution in [2.24, 2.45) is 5.73 Å². The Bertz CT molecular complexity index is 881. The Balaban J connectivity index is 1.91. The first-order valence-corrected chi connectivity index (χ1v) is 7.76. The maximum atomic E-state index is 12.3. The molecule has 1 fully saturated rings. The molecule has 0 aliphatic carbocycles. The zero-order valence-electron chi connectivity index (χ0n) is 14.0. The highest BCUT2D eigenvalue weighted by atomic mass is 16.5. The van der Waals surface area contributed by atoms with Crippen LogP contribution < -0.4 is 20.8 Å². The Morgan fingerprint density at radius 2 is 2.08 bits per heavy atom. The highest BCUT2D eigenvalue weighted by Gasteiger charge is 2.41. The predicted molar refractivity (Wildman–Crippen MR) is 89.5 cm³/mol. The van der Waals surface area contributed by atoms with Gasteiger partial charge in [0.2, 0.25) is 0 Å². The van der Waals surface area contributed by atoms with Gasteiger partial charge >= 0.3 is 0 Å². The minimum Gasteiger partial charge on any atom is -0.493 e. The van der Waals surface area contributed by atoms with Gasteiger partial charge in [-0.2, -0.15) is 0 Å². The van der Waals surface area contributed by atoms with Crippen LogP contribution in [0.3, 0.4) is 0 Å². The second-order valence-corrected chi connectivity index (χ2v) is 6.09. The van der Waals surface area contributed by atoms with Gasteiger partial charge in [0, 0.05) is 19.2 Å². The molecule has 9 heteroatoms. The molecule has 9 nitrogen and oxygen atoms in total. The second-order valence-electron chi connectivity index (χ2n) is 6.09. The van der Waals surface area contributed by atoms with Crippen molar-refractivity contribution in [1.29, 1.82) is 0 Å². The summed E-state index contributed by atoms with van der Waals surface area (Å²) in [5.41, 5.74) is 3.87. The van der Waals surface area contributed by atoms with Crippen molar-refractivity contribution in [3.63, 3.8) is 0 Å². The lowest BCUT2D eigenvalue weighted by Crippen LogP contribution is -2.46. The van der Waals surface area contributed by atoms with E-state index in [1.165, 1.54) is 14.2 Å². The Kier molecular flexibility index (Phi) is 4.36. The van der Waals surface area contributed by atoms with Crippen molar-refractivity contribution in [3.05, 3.63) is 28.3 Å². The molecule has 1 saturated heterocycles. The van der Waals surface area contributed by atoms with Gasteiger partial charge in [-0.3, -0.25) is 14.5 Å². The number of carbonyl (C=O) groups excluding carboxylic acids is 1. The average Bonchev–Trinajstić information content (AvgIpc) is 2.96. The van der Waals surface area contributed by atoms with Crippen LogP contribution in [0.25, 0.3) is 10.9 Å². The maximum Gasteiger partial charge on any atom is 0.258 e. The van der Waals surface area contributed by atoms with Gasteiger partial charge in [0.1, 0.15) is 5.82 Å². The van der Waals surface area contributed by atoms with Gasteiger partial charge in [-0.25, -0.2) is 4.98 Å². The number of aromatic amines is 1. The highest BCUT2D eigenvalue weighted by Crippen LogP contribution is 2.30.